The molecule has 0 aliphatic heterocycles. The van der Waals surface area contributed by atoms with E-state index in [0.717, 1.165) is 36.8 Å². The number of carbonyl (C=O) groups is 2. The third kappa shape index (κ3) is 4.60. The molecular weight excluding hydrogens is 382 g/mol. The number of hydrogen-bond donors (Lipinski definition) is 1. The van der Waals surface area contributed by atoms with Crippen molar-refractivity contribution >= 4 is 45.9 Å². The van der Waals surface area contributed by atoms with Crippen molar-refractivity contribution < 1.29 is 14.3 Å². The minimum absolute atomic E-state index is 0.277. The average molecular weight is 404 g/mol. The smallest absolute Gasteiger partial charge is 0.341 e. The van der Waals surface area contributed by atoms with Crippen molar-refractivity contribution in [1.82, 2.24) is 0 Å². The lowest BCUT2D eigenvalue weighted by Crippen LogP contribution is -2.15. The highest BCUT2D eigenvalue weighted by atomic mass is 35.5. The first-order valence-electron chi connectivity index (χ1n) is 8.99. The number of benzene rings is 1. The molecule has 142 valence electrons. The molecule has 27 heavy (non-hydrogen) atoms. The number of ether oxygens (including phenoxy) is 1. The molecule has 1 unspecified atom stereocenters. The first-order chi connectivity index (χ1) is 13.0. The number of thiophene rings is 1. The van der Waals surface area contributed by atoms with Crippen molar-refractivity contribution in [3.63, 3.8) is 0 Å². The zero-order chi connectivity index (χ0) is 19.4. The molecule has 1 aliphatic carbocycles. The maximum atomic E-state index is 12.4. The van der Waals surface area contributed by atoms with E-state index >= 15 is 0 Å². The van der Waals surface area contributed by atoms with E-state index in [2.05, 4.69) is 12.2 Å². The Morgan fingerprint density at radius 3 is 2.74 bits per heavy atom. The lowest BCUT2D eigenvalue weighted by atomic mass is 9.86. The number of nitrogens with one attached hydrogen (secondary N) is 1. The number of amides is 1. The Morgan fingerprint density at radius 2 is 2.07 bits per heavy atom. The molecule has 1 aromatic heterocycles. The van der Waals surface area contributed by atoms with Crippen LogP contribution in [0.4, 0.5) is 5.00 Å². The predicted molar refractivity (Wildman–Crippen MR) is 111 cm³/mol. The molecule has 6 heteroatoms. The molecule has 0 fully saturated rings. The van der Waals surface area contributed by atoms with Gasteiger partial charge in [-0.2, -0.15) is 0 Å². The molecule has 0 spiro atoms. The summed E-state index contributed by atoms with van der Waals surface area (Å²) >= 11 is 7.36. The highest BCUT2D eigenvalue weighted by molar-refractivity contribution is 7.17. The van der Waals surface area contributed by atoms with Crippen LogP contribution in [-0.2, 0) is 22.4 Å². The van der Waals surface area contributed by atoms with Crippen molar-refractivity contribution in [3.05, 3.63) is 56.9 Å². The molecule has 0 saturated carbocycles. The van der Waals surface area contributed by atoms with Crippen LogP contribution in [0.25, 0.3) is 6.08 Å². The fourth-order valence-corrected chi connectivity index (χ4v) is 4.79. The van der Waals surface area contributed by atoms with Crippen LogP contribution in [0.1, 0.15) is 46.1 Å². The van der Waals surface area contributed by atoms with Gasteiger partial charge in [0.25, 0.3) is 0 Å². The Morgan fingerprint density at radius 1 is 1.33 bits per heavy atom. The van der Waals surface area contributed by atoms with Crippen LogP contribution in [0.3, 0.4) is 0 Å². The van der Waals surface area contributed by atoms with Gasteiger partial charge < -0.3 is 10.1 Å². The van der Waals surface area contributed by atoms with E-state index < -0.39 is 0 Å². The zero-order valence-corrected chi connectivity index (χ0v) is 17.0. The van der Waals surface area contributed by atoms with Crippen LogP contribution in [0.5, 0.6) is 0 Å². The molecule has 1 aromatic carbocycles. The van der Waals surface area contributed by atoms with E-state index in [4.69, 9.17) is 16.3 Å². The lowest BCUT2D eigenvalue weighted by Gasteiger charge is -2.20. The van der Waals surface area contributed by atoms with Gasteiger partial charge in [-0.05, 0) is 54.5 Å². The van der Waals surface area contributed by atoms with Gasteiger partial charge in [0.2, 0.25) is 5.91 Å². The summed E-state index contributed by atoms with van der Waals surface area (Å²) in [5.74, 6) is -0.0323. The van der Waals surface area contributed by atoms with Gasteiger partial charge in [0.15, 0.2) is 0 Å². The summed E-state index contributed by atoms with van der Waals surface area (Å²) in [6.45, 7) is 2.19. The highest BCUT2D eigenvalue weighted by Gasteiger charge is 2.29. The Labute approximate surface area is 168 Å². The van der Waals surface area contributed by atoms with E-state index in [1.165, 1.54) is 29.4 Å². The Bertz CT molecular complexity index is 870. The molecule has 2 aromatic rings. The fraction of sp³-hybridized carbons (Fsp3) is 0.333. The van der Waals surface area contributed by atoms with Crippen molar-refractivity contribution in [2.24, 2.45) is 5.92 Å². The molecule has 0 radical (unpaired) electrons. The minimum atomic E-state index is -0.389. The number of carbonyl (C=O) groups excluding carboxylic acids is 2. The third-order valence-corrected chi connectivity index (χ3v) is 6.29. The summed E-state index contributed by atoms with van der Waals surface area (Å²) in [6, 6.07) is 7.21. The standard InChI is InChI=1S/C21H22ClNO3S/c1-3-13-6-10-16-17(12-13)27-20(19(16)21(25)26-2)23-18(24)11-7-14-4-8-15(22)9-5-14/h4-5,7-9,11,13H,3,6,10,12H2,1-2H3,(H,23,24)/b11-7+. The first-order valence-corrected chi connectivity index (χ1v) is 10.2. The van der Waals surface area contributed by atoms with E-state index in [-0.39, 0.29) is 11.9 Å². The lowest BCUT2D eigenvalue weighted by molar-refractivity contribution is -0.111. The second-order valence-electron chi connectivity index (χ2n) is 6.59. The Balaban J connectivity index is 1.81. The van der Waals surface area contributed by atoms with Crippen LogP contribution in [-0.4, -0.2) is 19.0 Å². The summed E-state index contributed by atoms with van der Waals surface area (Å²) in [7, 11) is 1.37. The normalized spacial score (nSPS) is 16.2. The maximum absolute atomic E-state index is 12.4. The summed E-state index contributed by atoms with van der Waals surface area (Å²) in [5.41, 5.74) is 2.42. The van der Waals surface area contributed by atoms with Crippen LogP contribution < -0.4 is 5.32 Å². The van der Waals surface area contributed by atoms with Gasteiger partial charge in [-0.15, -0.1) is 11.3 Å². The molecule has 1 amide bonds. The van der Waals surface area contributed by atoms with Gasteiger partial charge in [-0.3, -0.25) is 4.79 Å². The fourth-order valence-electron chi connectivity index (χ4n) is 3.31. The number of rotatable bonds is 5. The van der Waals surface area contributed by atoms with Gasteiger partial charge in [-0.25, -0.2) is 4.79 Å². The molecule has 3 rings (SSSR count). The van der Waals surface area contributed by atoms with Gasteiger partial charge >= 0.3 is 5.97 Å². The van der Waals surface area contributed by atoms with Crippen LogP contribution in [0, 0.1) is 5.92 Å². The number of halogens is 1. The third-order valence-electron chi connectivity index (χ3n) is 4.87. The molecule has 0 saturated heterocycles. The van der Waals surface area contributed by atoms with E-state index in [1.54, 1.807) is 18.2 Å². The van der Waals surface area contributed by atoms with Gasteiger partial charge in [0, 0.05) is 16.0 Å². The Hall–Kier alpha value is -2.11. The molecule has 1 atom stereocenters. The number of fused-ring (bicyclic) bond motifs is 1. The molecule has 4 nitrogen and oxygen atoms in total. The molecular formula is C21H22ClNO3S. The van der Waals surface area contributed by atoms with Crippen LogP contribution in [0.2, 0.25) is 5.02 Å². The molecule has 1 N–H and O–H groups in total. The predicted octanol–water partition coefficient (Wildman–Crippen LogP) is 5.35. The highest BCUT2D eigenvalue weighted by Crippen LogP contribution is 2.40. The average Bonchev–Trinajstić information content (AvgIpc) is 3.03. The second kappa shape index (κ2) is 8.72. The molecule has 1 heterocycles. The van der Waals surface area contributed by atoms with Crippen LogP contribution >= 0.6 is 22.9 Å². The van der Waals surface area contributed by atoms with E-state index in [1.807, 2.05) is 12.1 Å². The number of hydrogen-bond acceptors (Lipinski definition) is 4. The van der Waals surface area contributed by atoms with E-state index in [0.29, 0.717) is 21.5 Å². The number of esters is 1. The summed E-state index contributed by atoms with van der Waals surface area (Å²) < 4.78 is 4.96. The van der Waals surface area contributed by atoms with E-state index in [9.17, 15) is 9.59 Å². The molecule has 0 bridgehead atoms. The van der Waals surface area contributed by atoms with Crippen molar-refractivity contribution in [3.8, 4) is 0 Å². The first kappa shape index (κ1) is 19.6. The van der Waals surface area contributed by atoms with Gasteiger partial charge in [-0.1, -0.05) is 37.1 Å². The minimum Gasteiger partial charge on any atom is -0.465 e. The number of anilines is 1. The largest absolute Gasteiger partial charge is 0.465 e. The van der Waals surface area contributed by atoms with Gasteiger partial charge in [0.1, 0.15) is 5.00 Å². The summed E-state index contributed by atoms with van der Waals surface area (Å²) in [4.78, 5) is 25.9. The maximum Gasteiger partial charge on any atom is 0.341 e. The quantitative estimate of drug-likeness (QED) is 0.540. The topological polar surface area (TPSA) is 55.4 Å². The second-order valence-corrected chi connectivity index (χ2v) is 8.13. The number of methoxy groups -OCH3 is 1. The Kier molecular flexibility index (Phi) is 6.34. The van der Waals surface area contributed by atoms with Gasteiger partial charge in [0.05, 0.1) is 12.7 Å². The monoisotopic (exact) mass is 403 g/mol. The van der Waals surface area contributed by atoms with Crippen molar-refractivity contribution in [2.75, 3.05) is 12.4 Å². The molecule has 1 aliphatic rings. The van der Waals surface area contributed by atoms with Crippen LogP contribution in [0.15, 0.2) is 30.3 Å². The van der Waals surface area contributed by atoms with Crippen molar-refractivity contribution in [1.29, 1.82) is 0 Å². The zero-order valence-electron chi connectivity index (χ0n) is 15.4. The van der Waals surface area contributed by atoms with Crippen molar-refractivity contribution in [2.45, 2.75) is 32.6 Å². The summed E-state index contributed by atoms with van der Waals surface area (Å²) in [6.07, 6.45) is 7.16. The summed E-state index contributed by atoms with van der Waals surface area (Å²) in [5, 5.41) is 4.09. The SMILES string of the molecule is CCC1CCc2c(sc(NC(=O)/C=C/c3ccc(Cl)cc3)c2C(=O)OC)C1.